The van der Waals surface area contributed by atoms with E-state index >= 15 is 0 Å². The maximum atomic E-state index is 12.3. The monoisotopic (exact) mass is 300 g/mol. The molecule has 0 fully saturated rings. The van der Waals surface area contributed by atoms with Gasteiger partial charge in [-0.3, -0.25) is 4.79 Å². The summed E-state index contributed by atoms with van der Waals surface area (Å²) in [5, 5.41) is 2.79. The number of nitrogens with two attached hydrogens (primary N) is 1. The van der Waals surface area contributed by atoms with Crippen LogP contribution in [0.3, 0.4) is 0 Å². The molecule has 0 spiro atoms. The summed E-state index contributed by atoms with van der Waals surface area (Å²) in [5.74, 6) is 1.05. The molecule has 116 valence electrons. The largest absolute Gasteiger partial charge is 0.495 e. The summed E-state index contributed by atoms with van der Waals surface area (Å²) in [6, 6.07) is 12.1. The van der Waals surface area contributed by atoms with Gasteiger partial charge in [0.2, 0.25) is 0 Å². The van der Waals surface area contributed by atoms with E-state index in [-0.39, 0.29) is 12.0 Å². The highest BCUT2D eigenvalue weighted by atomic mass is 16.5. The third-order valence-corrected chi connectivity index (χ3v) is 2.96. The number of methoxy groups -OCH3 is 1. The van der Waals surface area contributed by atoms with Gasteiger partial charge in [0.15, 0.2) is 0 Å². The van der Waals surface area contributed by atoms with Crippen LogP contribution in [0, 0.1) is 0 Å². The molecule has 0 heterocycles. The summed E-state index contributed by atoms with van der Waals surface area (Å²) in [5.41, 5.74) is 7.36. The normalized spacial score (nSPS) is 10.4. The van der Waals surface area contributed by atoms with Gasteiger partial charge in [0, 0.05) is 11.3 Å². The Labute approximate surface area is 130 Å². The Morgan fingerprint density at radius 1 is 1.14 bits per heavy atom. The molecule has 0 radical (unpaired) electrons. The van der Waals surface area contributed by atoms with Crippen molar-refractivity contribution in [3.05, 3.63) is 48.0 Å². The van der Waals surface area contributed by atoms with Gasteiger partial charge in [-0.2, -0.15) is 0 Å². The number of hydrogen-bond acceptors (Lipinski definition) is 4. The van der Waals surface area contributed by atoms with Crippen LogP contribution >= 0.6 is 0 Å². The lowest BCUT2D eigenvalue weighted by Gasteiger charge is -2.12. The van der Waals surface area contributed by atoms with Gasteiger partial charge in [-0.05, 0) is 56.3 Å². The van der Waals surface area contributed by atoms with E-state index in [1.165, 1.54) is 0 Å². The fourth-order valence-electron chi connectivity index (χ4n) is 1.97. The van der Waals surface area contributed by atoms with E-state index in [2.05, 4.69) is 5.32 Å². The highest BCUT2D eigenvalue weighted by molar-refractivity contribution is 6.05. The van der Waals surface area contributed by atoms with Gasteiger partial charge in [0.05, 0.1) is 18.9 Å². The quantitative estimate of drug-likeness (QED) is 0.831. The van der Waals surface area contributed by atoms with Crippen molar-refractivity contribution in [1.82, 2.24) is 0 Å². The molecule has 2 aromatic rings. The Morgan fingerprint density at radius 2 is 1.82 bits per heavy atom. The lowest BCUT2D eigenvalue weighted by molar-refractivity contribution is 0.102. The standard InChI is InChI=1S/C17H20N2O3/c1-11(2)22-14-7-4-12(5-8-14)17(20)19-15-10-13(18)6-9-16(15)21-3/h4-11H,18H2,1-3H3,(H,19,20). The van der Waals surface area contributed by atoms with E-state index in [1.807, 2.05) is 13.8 Å². The molecule has 5 nitrogen and oxygen atoms in total. The molecule has 0 atom stereocenters. The molecule has 0 unspecified atom stereocenters. The first-order valence-electron chi connectivity index (χ1n) is 7.01. The first-order valence-corrected chi connectivity index (χ1v) is 7.01. The van der Waals surface area contributed by atoms with Crippen LogP contribution in [-0.2, 0) is 0 Å². The number of nitrogen functional groups attached to an aromatic ring is 1. The fourth-order valence-corrected chi connectivity index (χ4v) is 1.97. The van der Waals surface area contributed by atoms with Gasteiger partial charge in [0.1, 0.15) is 11.5 Å². The molecular formula is C17H20N2O3. The lowest BCUT2D eigenvalue weighted by Crippen LogP contribution is -2.13. The van der Waals surface area contributed by atoms with Crippen LogP contribution < -0.4 is 20.5 Å². The van der Waals surface area contributed by atoms with Crippen molar-refractivity contribution in [1.29, 1.82) is 0 Å². The summed E-state index contributed by atoms with van der Waals surface area (Å²) in [4.78, 5) is 12.3. The number of hydrogen-bond donors (Lipinski definition) is 2. The minimum atomic E-state index is -0.236. The van der Waals surface area contributed by atoms with E-state index in [0.29, 0.717) is 22.7 Å². The smallest absolute Gasteiger partial charge is 0.255 e. The molecule has 0 aliphatic rings. The van der Waals surface area contributed by atoms with Gasteiger partial charge in [0.25, 0.3) is 5.91 Å². The van der Waals surface area contributed by atoms with Crippen LogP contribution in [0.5, 0.6) is 11.5 Å². The molecule has 0 aliphatic heterocycles. The van der Waals surface area contributed by atoms with Gasteiger partial charge in [-0.25, -0.2) is 0 Å². The molecule has 2 aromatic carbocycles. The number of ether oxygens (including phenoxy) is 2. The number of carbonyl (C=O) groups is 1. The number of nitrogens with one attached hydrogen (secondary N) is 1. The highest BCUT2D eigenvalue weighted by Gasteiger charge is 2.10. The molecule has 22 heavy (non-hydrogen) atoms. The van der Waals surface area contributed by atoms with Gasteiger partial charge in [-0.1, -0.05) is 0 Å². The summed E-state index contributed by atoms with van der Waals surface area (Å²) < 4.78 is 10.8. The maximum absolute atomic E-state index is 12.3. The second kappa shape index (κ2) is 6.85. The molecule has 3 N–H and O–H groups in total. The first kappa shape index (κ1) is 15.7. The zero-order chi connectivity index (χ0) is 16.1. The number of rotatable bonds is 5. The summed E-state index contributed by atoms with van der Waals surface area (Å²) >= 11 is 0. The molecule has 0 saturated heterocycles. The van der Waals surface area contributed by atoms with Crippen LogP contribution in [0.25, 0.3) is 0 Å². The summed E-state index contributed by atoms with van der Waals surface area (Å²) in [6.07, 6.45) is 0.0937. The van der Waals surface area contributed by atoms with Crippen LogP contribution in [0.2, 0.25) is 0 Å². The van der Waals surface area contributed by atoms with Crippen LogP contribution in [0.1, 0.15) is 24.2 Å². The van der Waals surface area contributed by atoms with E-state index < -0.39 is 0 Å². The average Bonchev–Trinajstić information content (AvgIpc) is 2.47. The minimum absolute atomic E-state index is 0.0937. The van der Waals surface area contributed by atoms with Crippen LogP contribution in [-0.4, -0.2) is 19.1 Å². The van der Waals surface area contributed by atoms with Crippen molar-refractivity contribution in [3.8, 4) is 11.5 Å². The van der Waals surface area contributed by atoms with Crippen molar-refractivity contribution >= 4 is 17.3 Å². The van der Waals surface area contributed by atoms with Crippen LogP contribution in [0.4, 0.5) is 11.4 Å². The number of amides is 1. The Kier molecular flexibility index (Phi) is 4.88. The zero-order valence-corrected chi connectivity index (χ0v) is 12.9. The van der Waals surface area contributed by atoms with Crippen molar-refractivity contribution in [2.75, 3.05) is 18.2 Å². The molecule has 2 rings (SSSR count). The van der Waals surface area contributed by atoms with E-state index in [0.717, 1.165) is 5.75 Å². The molecule has 0 bridgehead atoms. The van der Waals surface area contributed by atoms with Crippen molar-refractivity contribution in [2.24, 2.45) is 0 Å². The van der Waals surface area contributed by atoms with Crippen molar-refractivity contribution in [2.45, 2.75) is 20.0 Å². The molecule has 0 aromatic heterocycles. The van der Waals surface area contributed by atoms with Crippen molar-refractivity contribution < 1.29 is 14.3 Å². The molecular weight excluding hydrogens is 280 g/mol. The number of benzene rings is 2. The molecule has 0 saturated carbocycles. The predicted octanol–water partition coefficient (Wildman–Crippen LogP) is 3.32. The van der Waals surface area contributed by atoms with Gasteiger partial charge in [-0.15, -0.1) is 0 Å². The third-order valence-electron chi connectivity index (χ3n) is 2.96. The number of carbonyl (C=O) groups excluding carboxylic acids is 1. The molecule has 0 aliphatic carbocycles. The lowest BCUT2D eigenvalue weighted by atomic mass is 10.2. The SMILES string of the molecule is COc1ccc(N)cc1NC(=O)c1ccc(OC(C)C)cc1. The summed E-state index contributed by atoms with van der Waals surface area (Å²) in [7, 11) is 1.54. The Bertz CT molecular complexity index is 651. The highest BCUT2D eigenvalue weighted by Crippen LogP contribution is 2.27. The second-order valence-electron chi connectivity index (χ2n) is 5.10. The minimum Gasteiger partial charge on any atom is -0.495 e. The van der Waals surface area contributed by atoms with Crippen molar-refractivity contribution in [3.63, 3.8) is 0 Å². The number of anilines is 2. The average molecular weight is 300 g/mol. The van der Waals surface area contributed by atoms with E-state index in [4.69, 9.17) is 15.2 Å². The Hall–Kier alpha value is -2.69. The predicted molar refractivity (Wildman–Crippen MR) is 87.6 cm³/mol. The van der Waals surface area contributed by atoms with Gasteiger partial charge < -0.3 is 20.5 Å². The topological polar surface area (TPSA) is 73.6 Å². The van der Waals surface area contributed by atoms with Gasteiger partial charge >= 0.3 is 0 Å². The van der Waals surface area contributed by atoms with E-state index in [9.17, 15) is 4.79 Å². The van der Waals surface area contributed by atoms with Crippen LogP contribution in [0.15, 0.2) is 42.5 Å². The fraction of sp³-hybridized carbons (Fsp3) is 0.235. The van der Waals surface area contributed by atoms with E-state index in [1.54, 1.807) is 49.6 Å². The maximum Gasteiger partial charge on any atom is 0.255 e. The molecule has 5 heteroatoms. The zero-order valence-electron chi connectivity index (χ0n) is 12.9. The second-order valence-corrected chi connectivity index (χ2v) is 5.10. The Balaban J connectivity index is 2.14. The summed E-state index contributed by atoms with van der Waals surface area (Å²) in [6.45, 7) is 3.90. The third kappa shape index (κ3) is 3.91. The molecule has 1 amide bonds. The first-order chi connectivity index (χ1) is 10.5. The Morgan fingerprint density at radius 3 is 2.41 bits per heavy atom.